The van der Waals surface area contributed by atoms with Crippen molar-refractivity contribution in [3.8, 4) is 0 Å². The van der Waals surface area contributed by atoms with Gasteiger partial charge >= 0.3 is 0 Å². The molecule has 0 aliphatic heterocycles. The normalized spacial score (nSPS) is 10.6. The lowest BCUT2D eigenvalue weighted by atomic mass is 10.1. The lowest BCUT2D eigenvalue weighted by Gasteiger charge is -2.25. The molecule has 0 unspecified atom stereocenters. The topological polar surface area (TPSA) is 66.6 Å². The maximum atomic E-state index is 14.1. The minimum absolute atomic E-state index is 0.0435. The molecule has 0 atom stereocenters. The molecule has 2 aromatic carbocycles. The van der Waals surface area contributed by atoms with Gasteiger partial charge in [-0.3, -0.25) is 10.1 Å². The van der Waals surface area contributed by atoms with Gasteiger partial charge < -0.3 is 10.0 Å². The third-order valence-corrected chi connectivity index (χ3v) is 3.40. The van der Waals surface area contributed by atoms with Crippen LogP contribution >= 0.6 is 11.6 Å². The van der Waals surface area contributed by atoms with Gasteiger partial charge in [-0.2, -0.15) is 0 Å². The number of non-ortho nitro benzene ring substituents is 1. The highest BCUT2D eigenvalue weighted by atomic mass is 35.5. The van der Waals surface area contributed by atoms with Gasteiger partial charge in [0.05, 0.1) is 23.7 Å². The molecule has 0 saturated heterocycles. The first kappa shape index (κ1) is 17.1. The van der Waals surface area contributed by atoms with Gasteiger partial charge in [0.1, 0.15) is 5.69 Å². The number of aliphatic hydroxyl groups is 1. The Balaban J connectivity index is 2.39. The molecule has 0 aliphatic rings. The summed E-state index contributed by atoms with van der Waals surface area (Å²) in [6.45, 7) is -0.290. The molecule has 0 saturated carbocycles. The predicted octanol–water partition coefficient (Wildman–Crippen LogP) is 3.53. The van der Waals surface area contributed by atoms with E-state index in [1.54, 1.807) is 24.3 Å². The maximum absolute atomic E-state index is 14.1. The largest absolute Gasteiger partial charge is 0.395 e. The fraction of sp³-hybridized carbons (Fsp3) is 0.200. The summed E-state index contributed by atoms with van der Waals surface area (Å²) >= 11 is 5.88. The lowest BCUT2D eigenvalue weighted by Crippen LogP contribution is -2.28. The van der Waals surface area contributed by atoms with E-state index in [0.29, 0.717) is 22.7 Å². The molecule has 0 aliphatic carbocycles. The molecule has 0 aromatic heterocycles. The Morgan fingerprint density at radius 1 is 1.22 bits per heavy atom. The molecule has 1 N–H and O–H groups in total. The second kappa shape index (κ2) is 7.34. The zero-order valence-electron chi connectivity index (χ0n) is 11.9. The summed E-state index contributed by atoms with van der Waals surface area (Å²) in [5.74, 6) is -2.13. The van der Waals surface area contributed by atoms with Gasteiger partial charge in [0.15, 0.2) is 11.6 Å². The molecule has 2 aromatic rings. The van der Waals surface area contributed by atoms with E-state index in [0.717, 1.165) is 0 Å². The van der Waals surface area contributed by atoms with Crippen LogP contribution in [-0.4, -0.2) is 23.2 Å². The highest BCUT2D eigenvalue weighted by molar-refractivity contribution is 6.30. The third kappa shape index (κ3) is 4.14. The van der Waals surface area contributed by atoms with Crippen LogP contribution in [0.2, 0.25) is 5.02 Å². The number of nitro benzene ring substituents is 1. The summed E-state index contributed by atoms with van der Waals surface area (Å²) in [7, 11) is 0. The van der Waals surface area contributed by atoms with Crippen molar-refractivity contribution in [2.75, 3.05) is 18.1 Å². The van der Waals surface area contributed by atoms with Crippen LogP contribution < -0.4 is 4.90 Å². The molecule has 5 nitrogen and oxygen atoms in total. The van der Waals surface area contributed by atoms with Gasteiger partial charge in [-0.1, -0.05) is 23.7 Å². The smallest absolute Gasteiger partial charge is 0.275 e. The summed E-state index contributed by atoms with van der Waals surface area (Å²) in [5.41, 5.74) is -0.414. The first-order valence-electron chi connectivity index (χ1n) is 6.66. The standard InChI is InChI=1S/C15H13ClF2N2O3/c16-11-3-1-2-10(6-11)9-19(4-5-21)15-13(17)7-12(20(22)23)8-14(15)18/h1-3,6-8,21H,4-5,9H2. The average Bonchev–Trinajstić information content (AvgIpc) is 2.46. The summed E-state index contributed by atoms with van der Waals surface area (Å²) in [5, 5.41) is 20.2. The van der Waals surface area contributed by atoms with Crippen molar-refractivity contribution < 1.29 is 18.8 Å². The van der Waals surface area contributed by atoms with Crippen molar-refractivity contribution in [3.63, 3.8) is 0 Å². The van der Waals surface area contributed by atoms with E-state index in [2.05, 4.69) is 0 Å². The third-order valence-electron chi connectivity index (χ3n) is 3.16. The van der Waals surface area contributed by atoms with E-state index >= 15 is 0 Å². The van der Waals surface area contributed by atoms with Crippen molar-refractivity contribution in [2.24, 2.45) is 0 Å². The maximum Gasteiger partial charge on any atom is 0.275 e. The number of rotatable bonds is 6. The van der Waals surface area contributed by atoms with Crippen LogP contribution in [0.3, 0.4) is 0 Å². The van der Waals surface area contributed by atoms with E-state index in [1.165, 1.54) is 4.90 Å². The van der Waals surface area contributed by atoms with E-state index in [9.17, 15) is 18.9 Å². The van der Waals surface area contributed by atoms with Crippen LogP contribution in [-0.2, 0) is 6.54 Å². The van der Waals surface area contributed by atoms with Crippen molar-refractivity contribution in [3.05, 3.63) is 68.7 Å². The van der Waals surface area contributed by atoms with Crippen LogP contribution in [0.15, 0.2) is 36.4 Å². The molecule has 122 valence electrons. The summed E-state index contributed by atoms with van der Waals surface area (Å²) in [6.07, 6.45) is 0. The zero-order chi connectivity index (χ0) is 17.0. The summed E-state index contributed by atoms with van der Waals surface area (Å²) in [4.78, 5) is 11.0. The molecule has 0 radical (unpaired) electrons. The van der Waals surface area contributed by atoms with E-state index in [-0.39, 0.29) is 19.7 Å². The zero-order valence-corrected chi connectivity index (χ0v) is 12.6. The molecular formula is C15H13ClF2N2O3. The molecular weight excluding hydrogens is 330 g/mol. The van der Waals surface area contributed by atoms with Crippen LogP contribution in [0.4, 0.5) is 20.2 Å². The number of benzene rings is 2. The molecule has 0 fully saturated rings. The quantitative estimate of drug-likeness (QED) is 0.644. The number of hydrogen-bond acceptors (Lipinski definition) is 4. The van der Waals surface area contributed by atoms with Crippen molar-refractivity contribution in [1.29, 1.82) is 0 Å². The highest BCUT2D eigenvalue weighted by Gasteiger charge is 2.22. The van der Waals surface area contributed by atoms with Gasteiger partial charge in [-0.15, -0.1) is 0 Å². The van der Waals surface area contributed by atoms with Crippen LogP contribution in [0.1, 0.15) is 5.56 Å². The van der Waals surface area contributed by atoms with E-state index in [4.69, 9.17) is 16.7 Å². The fourth-order valence-electron chi connectivity index (χ4n) is 2.21. The van der Waals surface area contributed by atoms with Gasteiger partial charge in [0, 0.05) is 18.1 Å². The van der Waals surface area contributed by atoms with Crippen LogP contribution in [0.25, 0.3) is 0 Å². The number of nitro groups is 1. The number of nitrogens with zero attached hydrogens (tertiary/aromatic N) is 2. The van der Waals surface area contributed by atoms with E-state index in [1.807, 2.05) is 0 Å². The fourth-order valence-corrected chi connectivity index (χ4v) is 2.42. The minimum atomic E-state index is -1.06. The van der Waals surface area contributed by atoms with Gasteiger partial charge in [0.25, 0.3) is 5.69 Å². The molecule has 23 heavy (non-hydrogen) atoms. The number of halogens is 3. The lowest BCUT2D eigenvalue weighted by molar-refractivity contribution is -0.385. The second-order valence-corrected chi connectivity index (χ2v) is 5.23. The SMILES string of the molecule is O=[N+]([O-])c1cc(F)c(N(CCO)Cc2cccc(Cl)c2)c(F)c1. The molecule has 2 rings (SSSR count). The Kier molecular flexibility index (Phi) is 5.46. The number of aliphatic hydroxyl groups excluding tert-OH is 1. The predicted molar refractivity (Wildman–Crippen MR) is 82.6 cm³/mol. The van der Waals surface area contributed by atoms with Gasteiger partial charge in [-0.05, 0) is 17.7 Å². The van der Waals surface area contributed by atoms with Gasteiger partial charge in [-0.25, -0.2) is 8.78 Å². The monoisotopic (exact) mass is 342 g/mol. The Labute approximate surface area is 135 Å². The number of anilines is 1. The van der Waals surface area contributed by atoms with Crippen LogP contribution in [0.5, 0.6) is 0 Å². The van der Waals surface area contributed by atoms with Crippen molar-refractivity contribution in [2.45, 2.75) is 6.54 Å². The Hall–Kier alpha value is -2.25. The molecule has 0 spiro atoms. The van der Waals surface area contributed by atoms with Gasteiger partial charge in [0.2, 0.25) is 0 Å². The molecule has 0 amide bonds. The van der Waals surface area contributed by atoms with Crippen molar-refractivity contribution in [1.82, 2.24) is 0 Å². The van der Waals surface area contributed by atoms with Crippen molar-refractivity contribution >= 4 is 23.0 Å². The molecule has 0 heterocycles. The average molecular weight is 343 g/mol. The summed E-state index contributed by atoms with van der Waals surface area (Å²) in [6, 6.07) is 8.01. The first-order chi connectivity index (χ1) is 10.9. The second-order valence-electron chi connectivity index (χ2n) is 4.79. The number of hydrogen-bond donors (Lipinski definition) is 1. The Morgan fingerprint density at radius 3 is 2.39 bits per heavy atom. The van der Waals surface area contributed by atoms with E-state index < -0.39 is 27.9 Å². The van der Waals surface area contributed by atoms with Crippen LogP contribution in [0, 0.1) is 21.7 Å². The molecule has 8 heteroatoms. The first-order valence-corrected chi connectivity index (χ1v) is 7.04. The minimum Gasteiger partial charge on any atom is -0.395 e. The Morgan fingerprint density at radius 2 is 1.87 bits per heavy atom. The highest BCUT2D eigenvalue weighted by Crippen LogP contribution is 2.29. The summed E-state index contributed by atoms with van der Waals surface area (Å²) < 4.78 is 28.3. The Bertz CT molecular complexity index is 705. The molecule has 0 bridgehead atoms.